The van der Waals surface area contributed by atoms with E-state index in [4.69, 9.17) is 18.9 Å². The molecule has 0 fully saturated rings. The van der Waals surface area contributed by atoms with Crippen molar-refractivity contribution in [2.24, 2.45) is 0 Å². The van der Waals surface area contributed by atoms with Crippen molar-refractivity contribution >= 4 is 23.8 Å². The van der Waals surface area contributed by atoms with Gasteiger partial charge in [0.05, 0.1) is 26.2 Å². The molecule has 2 aliphatic rings. The third-order valence-electron chi connectivity index (χ3n) is 8.08. The first-order chi connectivity index (χ1) is 21.3. The maximum Gasteiger partial charge on any atom is 0.342 e. The van der Waals surface area contributed by atoms with Crippen molar-refractivity contribution < 1.29 is 38.4 Å². The summed E-state index contributed by atoms with van der Waals surface area (Å²) in [5.41, 5.74) is 2.73. The number of methoxy groups -OCH3 is 1. The van der Waals surface area contributed by atoms with Crippen molar-refractivity contribution in [2.75, 3.05) is 13.7 Å². The third-order valence-corrected chi connectivity index (χ3v) is 8.08. The van der Waals surface area contributed by atoms with Gasteiger partial charge in [-0.25, -0.2) is 4.79 Å². The number of aromatic hydroxyl groups is 1. The lowest BCUT2D eigenvalue weighted by molar-refractivity contribution is -0.135. The molecule has 2 heterocycles. The number of rotatable bonds is 6. The summed E-state index contributed by atoms with van der Waals surface area (Å²) in [6, 6.07) is 16.9. The van der Waals surface area contributed by atoms with Gasteiger partial charge in [-0.1, -0.05) is 36.4 Å². The number of phenols is 1. The Balaban J connectivity index is 1.39. The summed E-state index contributed by atoms with van der Waals surface area (Å²) in [6.45, 7) is 2.27. The predicted molar refractivity (Wildman–Crippen MR) is 165 cm³/mol. The summed E-state index contributed by atoms with van der Waals surface area (Å²) < 4.78 is 22.5. The van der Waals surface area contributed by atoms with Crippen LogP contribution in [0.2, 0.25) is 0 Å². The second-order valence-corrected chi connectivity index (χ2v) is 11.3. The van der Waals surface area contributed by atoms with Crippen LogP contribution in [0, 0.1) is 0 Å². The van der Waals surface area contributed by atoms with Gasteiger partial charge in [-0.3, -0.25) is 9.59 Å². The van der Waals surface area contributed by atoms with Crippen LogP contribution in [0.5, 0.6) is 23.0 Å². The van der Waals surface area contributed by atoms with E-state index in [1.165, 1.54) is 0 Å². The lowest BCUT2D eigenvalue weighted by Gasteiger charge is -2.28. The lowest BCUT2D eigenvalue weighted by atomic mass is 9.83. The fraction of sp³-hybridized carbons (Fsp3) is 0.361. The van der Waals surface area contributed by atoms with Crippen molar-refractivity contribution in [2.45, 2.75) is 70.3 Å². The zero-order valence-electron chi connectivity index (χ0n) is 25.2. The molecule has 2 unspecified atom stereocenters. The monoisotopic (exact) mass is 598 g/mol. The molecule has 230 valence electrons. The highest BCUT2D eigenvalue weighted by Crippen LogP contribution is 2.47. The maximum absolute atomic E-state index is 13.4. The van der Waals surface area contributed by atoms with Crippen molar-refractivity contribution in [1.29, 1.82) is 0 Å². The minimum Gasteiger partial charge on any atom is -0.507 e. The van der Waals surface area contributed by atoms with Gasteiger partial charge in [0.15, 0.2) is 0 Å². The zero-order valence-corrected chi connectivity index (χ0v) is 25.2. The van der Waals surface area contributed by atoms with Crippen molar-refractivity contribution in [3.63, 3.8) is 0 Å². The van der Waals surface area contributed by atoms with E-state index in [2.05, 4.69) is 0 Å². The van der Waals surface area contributed by atoms with Crippen molar-refractivity contribution in [1.82, 2.24) is 0 Å². The number of cyclic esters (lactones) is 1. The zero-order chi connectivity index (χ0) is 31.1. The number of carbonyl (C=O) groups excluding carboxylic acids is 3. The van der Waals surface area contributed by atoms with Gasteiger partial charge in [0, 0.05) is 30.7 Å². The molecule has 5 rings (SSSR count). The Hall–Kier alpha value is -4.59. The van der Waals surface area contributed by atoms with E-state index in [9.17, 15) is 19.5 Å². The molecule has 0 amide bonds. The van der Waals surface area contributed by atoms with Crippen LogP contribution in [0.4, 0.5) is 0 Å². The topological polar surface area (TPSA) is 108 Å². The number of hydrogen-bond donors (Lipinski definition) is 1. The molecule has 8 nitrogen and oxygen atoms in total. The Kier molecular flexibility index (Phi) is 10.00. The number of allylic oxidation sites excluding steroid dienone is 1. The summed E-state index contributed by atoms with van der Waals surface area (Å²) in [4.78, 5) is 38.3. The van der Waals surface area contributed by atoms with E-state index < -0.39 is 24.0 Å². The second kappa shape index (κ2) is 14.3. The van der Waals surface area contributed by atoms with Crippen LogP contribution in [0.25, 0.3) is 6.08 Å². The van der Waals surface area contributed by atoms with Crippen LogP contribution in [-0.4, -0.2) is 42.6 Å². The average molecular weight is 599 g/mol. The summed E-state index contributed by atoms with van der Waals surface area (Å²) in [5.74, 6) is 0.0331. The molecular weight excluding hydrogens is 560 g/mol. The Morgan fingerprint density at radius 3 is 2.43 bits per heavy atom. The number of benzene rings is 3. The quantitative estimate of drug-likeness (QED) is 0.240. The molecule has 44 heavy (non-hydrogen) atoms. The largest absolute Gasteiger partial charge is 0.507 e. The van der Waals surface area contributed by atoms with Gasteiger partial charge in [-0.15, -0.1) is 0 Å². The van der Waals surface area contributed by atoms with E-state index in [1.54, 1.807) is 26.2 Å². The first-order valence-electron chi connectivity index (χ1n) is 15.2. The summed E-state index contributed by atoms with van der Waals surface area (Å²) in [6.07, 6.45) is 7.33. The molecule has 0 bridgehead atoms. The van der Waals surface area contributed by atoms with E-state index in [-0.39, 0.29) is 29.3 Å². The number of phenolic OH excluding ortho intramolecular Hbond substituents is 1. The number of hydrogen-bond acceptors (Lipinski definition) is 8. The molecule has 3 aromatic rings. The van der Waals surface area contributed by atoms with Crippen LogP contribution in [0.3, 0.4) is 0 Å². The standard InChI is InChI=1S/C36H38O8/c1-23-7-6-10-27(37)9-5-3-4-8-26-21-31-34(35(39)33(26)36(40)43-23)30(22-32(38)44-31)25-13-17-29(18-14-25)42-20-19-24-11-15-28(41-2)16-12-24/h4,8,11-18,21,23,30,39H,3,5-7,9-10,19-20,22H2,1-2H3. The van der Waals surface area contributed by atoms with Crippen LogP contribution < -0.4 is 14.2 Å². The molecule has 0 aliphatic carbocycles. The predicted octanol–water partition coefficient (Wildman–Crippen LogP) is 6.95. The minimum atomic E-state index is -0.655. The van der Waals surface area contributed by atoms with Crippen molar-refractivity contribution in [3.05, 3.63) is 88.5 Å². The Labute approximate surface area is 257 Å². The van der Waals surface area contributed by atoms with E-state index >= 15 is 0 Å². The van der Waals surface area contributed by atoms with Crippen LogP contribution in [0.15, 0.2) is 60.7 Å². The summed E-state index contributed by atoms with van der Waals surface area (Å²) in [5, 5.41) is 11.6. The fourth-order valence-corrected chi connectivity index (χ4v) is 5.68. The Morgan fingerprint density at radius 2 is 1.68 bits per heavy atom. The smallest absolute Gasteiger partial charge is 0.342 e. The van der Waals surface area contributed by atoms with Gasteiger partial charge >= 0.3 is 11.9 Å². The molecule has 3 aromatic carbocycles. The highest BCUT2D eigenvalue weighted by molar-refractivity contribution is 5.98. The van der Waals surface area contributed by atoms with E-state index in [1.807, 2.05) is 54.6 Å². The molecule has 1 N–H and O–H groups in total. The Bertz CT molecular complexity index is 1520. The Morgan fingerprint density at radius 1 is 0.955 bits per heavy atom. The number of fused-ring (bicyclic) bond motifs is 2. The highest BCUT2D eigenvalue weighted by Gasteiger charge is 2.35. The number of carbonyl (C=O) groups is 3. The molecule has 8 heteroatoms. The minimum absolute atomic E-state index is 0.00629. The van der Waals surface area contributed by atoms with Gasteiger partial charge in [0.25, 0.3) is 0 Å². The van der Waals surface area contributed by atoms with Gasteiger partial charge in [0.2, 0.25) is 0 Å². The highest BCUT2D eigenvalue weighted by atomic mass is 16.5. The average Bonchev–Trinajstić information content (AvgIpc) is 3.00. The van der Waals surface area contributed by atoms with Gasteiger partial charge in [-0.2, -0.15) is 0 Å². The van der Waals surface area contributed by atoms with Crippen LogP contribution in [-0.2, 0) is 20.7 Å². The molecular formula is C36H38O8. The van der Waals surface area contributed by atoms with Crippen molar-refractivity contribution in [3.8, 4) is 23.0 Å². The first kappa shape index (κ1) is 30.9. The van der Waals surface area contributed by atoms with E-state index in [0.717, 1.165) is 23.3 Å². The molecule has 0 saturated carbocycles. The maximum atomic E-state index is 13.4. The number of ether oxygens (including phenoxy) is 4. The summed E-state index contributed by atoms with van der Waals surface area (Å²) in [7, 11) is 1.64. The number of Topliss-reactive ketones (excluding diaryl/α,β-unsaturated/α-hetero) is 1. The van der Waals surface area contributed by atoms with Gasteiger partial charge in [-0.05, 0) is 79.6 Å². The van der Waals surface area contributed by atoms with Crippen LogP contribution in [0.1, 0.15) is 90.4 Å². The molecule has 0 saturated heterocycles. The molecule has 0 radical (unpaired) electrons. The molecule has 0 aromatic heterocycles. The molecule has 2 aliphatic heterocycles. The third kappa shape index (κ3) is 7.48. The van der Waals surface area contributed by atoms with Gasteiger partial charge < -0.3 is 24.1 Å². The first-order valence-corrected chi connectivity index (χ1v) is 15.2. The summed E-state index contributed by atoms with van der Waals surface area (Å²) >= 11 is 0. The fourth-order valence-electron chi connectivity index (χ4n) is 5.68. The second-order valence-electron chi connectivity index (χ2n) is 11.3. The van der Waals surface area contributed by atoms with Crippen LogP contribution >= 0.6 is 0 Å². The van der Waals surface area contributed by atoms with Gasteiger partial charge in [0.1, 0.15) is 34.3 Å². The molecule has 0 spiro atoms. The number of ketones is 1. The normalized spacial score (nSPS) is 19.2. The molecule has 2 atom stereocenters. The SMILES string of the molecule is COc1ccc(CCOc2ccc(C3CC(=O)Oc4cc5c(c(O)c43)C(=O)OC(C)CCCC(=O)CCCC=C5)cc2)cc1. The van der Waals surface area contributed by atoms with E-state index in [0.29, 0.717) is 62.0 Å². The number of esters is 2. The lowest BCUT2D eigenvalue weighted by Crippen LogP contribution is -2.23.